The predicted octanol–water partition coefficient (Wildman–Crippen LogP) is 2.11. The molecule has 1 heterocycles. The fourth-order valence-electron chi connectivity index (χ4n) is 1.31. The quantitative estimate of drug-likeness (QED) is 0.735. The maximum absolute atomic E-state index is 12.8. The van der Waals surface area contributed by atoms with Crippen molar-refractivity contribution >= 4 is 26.4 Å². The largest absolute Gasteiger partial charge is 0.392 e. The average Bonchev–Trinajstić information content (AvgIpc) is 2.39. The van der Waals surface area contributed by atoms with E-state index in [-0.39, 0.29) is 12.4 Å². The lowest BCUT2D eigenvalue weighted by Gasteiger charge is -1.94. The number of anilines is 1. The molecule has 1 aromatic carbocycles. The number of thiophene rings is 1. The van der Waals surface area contributed by atoms with Crippen LogP contribution in [0.2, 0.25) is 0 Å². The second-order valence-electron chi connectivity index (χ2n) is 2.74. The van der Waals surface area contributed by atoms with Gasteiger partial charge in [-0.2, -0.15) is 0 Å². The van der Waals surface area contributed by atoms with Crippen molar-refractivity contribution in [1.82, 2.24) is 0 Å². The molecule has 1 aromatic heterocycles. The van der Waals surface area contributed by atoms with Gasteiger partial charge in [0.2, 0.25) is 0 Å². The third-order valence-electron chi connectivity index (χ3n) is 1.94. The van der Waals surface area contributed by atoms with Crippen LogP contribution in [0.25, 0.3) is 10.1 Å². The highest BCUT2D eigenvalue weighted by molar-refractivity contribution is 7.22. The number of hydrogen-bond donors (Lipinski definition) is 2. The van der Waals surface area contributed by atoms with Gasteiger partial charge in [-0.1, -0.05) is 6.07 Å². The van der Waals surface area contributed by atoms with E-state index in [0.29, 0.717) is 10.6 Å². The minimum absolute atomic E-state index is 0.0997. The molecule has 0 fully saturated rings. The van der Waals surface area contributed by atoms with E-state index in [1.54, 1.807) is 6.07 Å². The lowest BCUT2D eigenvalue weighted by atomic mass is 10.2. The molecule has 2 rings (SSSR count). The topological polar surface area (TPSA) is 46.2 Å². The molecule has 4 heteroatoms. The van der Waals surface area contributed by atoms with Crippen LogP contribution in [0.5, 0.6) is 0 Å². The summed E-state index contributed by atoms with van der Waals surface area (Å²) in [7, 11) is 0. The van der Waals surface area contributed by atoms with Gasteiger partial charge in [-0.15, -0.1) is 11.3 Å². The Morgan fingerprint density at radius 2 is 2.23 bits per heavy atom. The Labute approximate surface area is 78.4 Å². The summed E-state index contributed by atoms with van der Waals surface area (Å²) >= 11 is 1.30. The van der Waals surface area contributed by atoms with Crippen molar-refractivity contribution < 1.29 is 9.50 Å². The van der Waals surface area contributed by atoms with E-state index in [1.165, 1.54) is 23.5 Å². The molecule has 0 bridgehead atoms. The highest BCUT2D eigenvalue weighted by Crippen LogP contribution is 2.33. The first-order valence-electron chi connectivity index (χ1n) is 3.79. The van der Waals surface area contributed by atoms with Gasteiger partial charge in [-0.05, 0) is 12.1 Å². The van der Waals surface area contributed by atoms with Crippen LogP contribution >= 0.6 is 11.3 Å². The molecule has 0 unspecified atom stereocenters. The maximum atomic E-state index is 12.8. The van der Waals surface area contributed by atoms with E-state index in [1.807, 2.05) is 0 Å². The SMILES string of the molecule is Nc1sc2cc(F)ccc2c1CO. The first-order chi connectivity index (χ1) is 6.22. The van der Waals surface area contributed by atoms with Crippen LogP contribution < -0.4 is 5.73 Å². The van der Waals surface area contributed by atoms with Crippen LogP contribution in [0.15, 0.2) is 18.2 Å². The fourth-order valence-corrected chi connectivity index (χ4v) is 2.31. The Morgan fingerprint density at radius 3 is 2.92 bits per heavy atom. The molecule has 0 radical (unpaired) electrons. The summed E-state index contributed by atoms with van der Waals surface area (Å²) in [6, 6.07) is 4.44. The predicted molar refractivity (Wildman–Crippen MR) is 52.1 cm³/mol. The monoisotopic (exact) mass is 197 g/mol. The van der Waals surface area contributed by atoms with Crippen molar-refractivity contribution in [3.8, 4) is 0 Å². The van der Waals surface area contributed by atoms with E-state index < -0.39 is 0 Å². The van der Waals surface area contributed by atoms with Gasteiger partial charge < -0.3 is 10.8 Å². The Hall–Kier alpha value is -1.13. The van der Waals surface area contributed by atoms with E-state index >= 15 is 0 Å². The van der Waals surface area contributed by atoms with Crippen molar-refractivity contribution in [2.45, 2.75) is 6.61 Å². The lowest BCUT2D eigenvalue weighted by molar-refractivity contribution is 0.284. The third kappa shape index (κ3) is 1.28. The van der Waals surface area contributed by atoms with Crippen LogP contribution in [0.3, 0.4) is 0 Å². The summed E-state index contributed by atoms with van der Waals surface area (Å²) in [4.78, 5) is 0. The summed E-state index contributed by atoms with van der Waals surface area (Å²) in [6.45, 7) is -0.0997. The van der Waals surface area contributed by atoms with Gasteiger partial charge in [-0.25, -0.2) is 4.39 Å². The molecule has 68 valence electrons. The molecule has 0 saturated carbocycles. The van der Waals surface area contributed by atoms with E-state index in [2.05, 4.69) is 0 Å². The molecular weight excluding hydrogens is 189 g/mol. The van der Waals surface area contributed by atoms with Crippen molar-refractivity contribution in [2.75, 3.05) is 5.73 Å². The number of rotatable bonds is 1. The van der Waals surface area contributed by atoms with Gasteiger partial charge in [0, 0.05) is 15.6 Å². The molecule has 3 N–H and O–H groups in total. The molecule has 2 aromatic rings. The van der Waals surface area contributed by atoms with Gasteiger partial charge in [0.25, 0.3) is 0 Å². The van der Waals surface area contributed by atoms with Gasteiger partial charge in [0.05, 0.1) is 11.6 Å². The first kappa shape index (κ1) is 8.47. The van der Waals surface area contributed by atoms with Crippen molar-refractivity contribution in [1.29, 1.82) is 0 Å². The molecule has 2 nitrogen and oxygen atoms in total. The molecular formula is C9H8FNOS. The smallest absolute Gasteiger partial charge is 0.124 e. The van der Waals surface area contributed by atoms with Gasteiger partial charge in [0.1, 0.15) is 5.82 Å². The number of benzene rings is 1. The van der Waals surface area contributed by atoms with Gasteiger partial charge in [0.15, 0.2) is 0 Å². The number of fused-ring (bicyclic) bond motifs is 1. The number of nitrogen functional groups attached to an aromatic ring is 1. The lowest BCUT2D eigenvalue weighted by Crippen LogP contribution is -1.87. The summed E-state index contributed by atoms with van der Waals surface area (Å²) in [5.41, 5.74) is 6.34. The molecule has 0 spiro atoms. The summed E-state index contributed by atoms with van der Waals surface area (Å²) in [5.74, 6) is -0.279. The molecule has 0 aliphatic heterocycles. The van der Waals surface area contributed by atoms with Gasteiger partial charge in [-0.3, -0.25) is 0 Å². The van der Waals surface area contributed by atoms with Crippen LogP contribution in [-0.4, -0.2) is 5.11 Å². The number of aliphatic hydroxyl groups excluding tert-OH is 1. The van der Waals surface area contributed by atoms with E-state index in [9.17, 15) is 4.39 Å². The highest BCUT2D eigenvalue weighted by atomic mass is 32.1. The Morgan fingerprint density at radius 1 is 1.46 bits per heavy atom. The van der Waals surface area contributed by atoms with Crippen LogP contribution in [0.1, 0.15) is 5.56 Å². The number of nitrogens with two attached hydrogens (primary N) is 1. The minimum Gasteiger partial charge on any atom is -0.392 e. The zero-order valence-corrected chi connectivity index (χ0v) is 7.57. The Bertz CT molecular complexity index is 452. The van der Waals surface area contributed by atoms with Crippen molar-refractivity contribution in [3.05, 3.63) is 29.6 Å². The molecule has 0 aliphatic rings. The number of halogens is 1. The molecule has 0 saturated heterocycles. The molecule has 0 atom stereocenters. The van der Waals surface area contributed by atoms with E-state index in [4.69, 9.17) is 10.8 Å². The van der Waals surface area contributed by atoms with E-state index in [0.717, 1.165) is 10.1 Å². The van der Waals surface area contributed by atoms with Crippen molar-refractivity contribution in [3.63, 3.8) is 0 Å². The molecule has 0 aliphatic carbocycles. The normalized spacial score (nSPS) is 10.9. The standard InChI is InChI=1S/C9H8FNOS/c10-5-1-2-6-7(4-12)9(11)13-8(6)3-5/h1-3,12H,4,11H2. The van der Waals surface area contributed by atoms with Crippen LogP contribution in [0, 0.1) is 5.82 Å². The summed E-state index contributed by atoms with van der Waals surface area (Å²) in [6.07, 6.45) is 0. The van der Waals surface area contributed by atoms with Crippen LogP contribution in [0.4, 0.5) is 9.39 Å². The minimum atomic E-state index is -0.279. The zero-order valence-electron chi connectivity index (χ0n) is 6.75. The summed E-state index contributed by atoms with van der Waals surface area (Å²) < 4.78 is 13.6. The average molecular weight is 197 g/mol. The second-order valence-corrected chi connectivity index (χ2v) is 3.83. The Balaban J connectivity index is 2.79. The summed E-state index contributed by atoms with van der Waals surface area (Å²) in [5, 5.41) is 10.4. The van der Waals surface area contributed by atoms with Gasteiger partial charge >= 0.3 is 0 Å². The molecule has 0 amide bonds. The number of aliphatic hydroxyl groups is 1. The molecule has 13 heavy (non-hydrogen) atoms. The fraction of sp³-hybridized carbons (Fsp3) is 0.111. The second kappa shape index (κ2) is 2.97. The van der Waals surface area contributed by atoms with Crippen molar-refractivity contribution in [2.24, 2.45) is 0 Å². The highest BCUT2D eigenvalue weighted by Gasteiger charge is 2.08. The first-order valence-corrected chi connectivity index (χ1v) is 4.61. The zero-order chi connectivity index (χ0) is 9.42. The number of hydrogen-bond acceptors (Lipinski definition) is 3. The maximum Gasteiger partial charge on any atom is 0.124 e. The third-order valence-corrected chi connectivity index (χ3v) is 2.97. The Kier molecular flexibility index (Phi) is 1.94. The van der Waals surface area contributed by atoms with Crippen LogP contribution in [-0.2, 0) is 6.61 Å².